The first-order chi connectivity index (χ1) is 23.7. The average molecular weight is 744 g/mol. The molecule has 1 aliphatic carbocycles. The molecule has 5 N–H and O–H groups in total. The number of aliphatic hydroxyl groups is 1. The molecule has 1 aliphatic heterocycles. The highest BCUT2D eigenvalue weighted by molar-refractivity contribution is 7.98. The average Bonchev–Trinajstić information content (AvgIpc) is 3.40. The number of amides is 2. The number of Topliss-reactive ketones (excluding diaryl/α,β-unsaturated/α-hetero) is 2. The Labute approximate surface area is 297 Å². The zero-order chi connectivity index (χ0) is 36.5. The number of ether oxygens (including phenoxy) is 3. The van der Waals surface area contributed by atoms with Gasteiger partial charge in [-0.25, -0.2) is 13.6 Å². The van der Waals surface area contributed by atoms with Crippen molar-refractivity contribution in [3.05, 3.63) is 82.1 Å². The number of methoxy groups -OCH3 is 2. The molecule has 0 saturated heterocycles. The van der Waals surface area contributed by atoms with E-state index in [0.717, 1.165) is 4.90 Å². The monoisotopic (exact) mass is 743 g/mol. The Morgan fingerprint density at radius 1 is 1.08 bits per heavy atom. The number of nitrogens with two attached hydrogens (primary N) is 1. The molecule has 1 heterocycles. The summed E-state index contributed by atoms with van der Waals surface area (Å²) in [7, 11) is -1.18. The number of carbonyl (C=O) groups excluding carboxylic acids is 4. The summed E-state index contributed by atoms with van der Waals surface area (Å²) in [5, 5.41) is 22.2. The van der Waals surface area contributed by atoms with Crippen LogP contribution in [-0.2, 0) is 24.4 Å². The van der Waals surface area contributed by atoms with Crippen molar-refractivity contribution < 1.29 is 46.9 Å². The van der Waals surface area contributed by atoms with Gasteiger partial charge >= 0.3 is 0 Å². The van der Waals surface area contributed by atoms with Crippen molar-refractivity contribution in [2.75, 3.05) is 32.3 Å². The van der Waals surface area contributed by atoms with Crippen molar-refractivity contribution in [2.45, 2.75) is 41.1 Å². The fraction of sp³-hybridized carbons (Fsp3) is 0.294. The molecule has 13 nitrogen and oxygen atoms in total. The van der Waals surface area contributed by atoms with Gasteiger partial charge in [0.05, 0.1) is 25.7 Å². The van der Waals surface area contributed by atoms with Gasteiger partial charge in [0, 0.05) is 46.9 Å². The molecular weight excluding hydrogens is 710 g/mol. The molecule has 0 saturated carbocycles. The molecule has 5 rings (SSSR count). The van der Waals surface area contributed by atoms with Gasteiger partial charge in [-0.1, -0.05) is 30.7 Å². The minimum atomic E-state index is -3.92. The molecule has 50 heavy (non-hydrogen) atoms. The number of benzene rings is 3. The van der Waals surface area contributed by atoms with Crippen molar-refractivity contribution in [2.24, 2.45) is 11.1 Å². The van der Waals surface area contributed by atoms with E-state index in [1.165, 1.54) is 56.3 Å². The summed E-state index contributed by atoms with van der Waals surface area (Å²) < 4.78 is 40.0. The first-order valence-corrected chi connectivity index (χ1v) is 18.3. The smallest absolute Gasteiger partial charge is 0.243 e. The van der Waals surface area contributed by atoms with E-state index in [0.29, 0.717) is 5.56 Å². The number of halogens is 1. The third-order valence-corrected chi connectivity index (χ3v) is 10.7. The Morgan fingerprint density at radius 3 is 2.30 bits per heavy atom. The van der Waals surface area contributed by atoms with Crippen LogP contribution in [0.2, 0.25) is 5.02 Å². The molecule has 3 aromatic carbocycles. The SMILES string of the molecule is COc1cc(OC)c2c(c1Cl)OC1(C2=O)C(O)=C(C(CC(=O)NCC(=O)Nc2ccc(S(N)(=O)=O)cc2)c2ccc(SC)cc2)C(=O)CC1C. The fourth-order valence-electron chi connectivity index (χ4n) is 6.13. The quantitative estimate of drug-likeness (QED) is 0.203. The van der Waals surface area contributed by atoms with Gasteiger partial charge < -0.3 is 30.0 Å². The maximum Gasteiger partial charge on any atom is 0.243 e. The van der Waals surface area contributed by atoms with Crippen LogP contribution in [0.3, 0.4) is 0 Å². The van der Waals surface area contributed by atoms with Gasteiger partial charge in [-0.2, -0.15) is 0 Å². The molecule has 0 aromatic heterocycles. The highest BCUT2D eigenvalue weighted by Gasteiger charge is 2.61. The number of ketones is 2. The molecule has 3 unspecified atom stereocenters. The second kappa shape index (κ2) is 14.3. The van der Waals surface area contributed by atoms with E-state index in [1.54, 1.807) is 31.2 Å². The second-order valence-electron chi connectivity index (χ2n) is 11.7. The van der Waals surface area contributed by atoms with E-state index in [-0.39, 0.29) is 56.8 Å². The van der Waals surface area contributed by atoms with Crippen molar-refractivity contribution in [3.63, 3.8) is 0 Å². The van der Waals surface area contributed by atoms with E-state index in [1.807, 2.05) is 6.26 Å². The number of hydrogen-bond donors (Lipinski definition) is 4. The maximum atomic E-state index is 14.3. The molecular formula is C34H34ClN3O10S2. The first kappa shape index (κ1) is 36.7. The summed E-state index contributed by atoms with van der Waals surface area (Å²) in [5.41, 5.74) is -1.49. The third kappa shape index (κ3) is 6.77. The van der Waals surface area contributed by atoms with Crippen LogP contribution in [0, 0.1) is 5.92 Å². The lowest BCUT2D eigenvalue weighted by Gasteiger charge is -2.38. The van der Waals surface area contributed by atoms with E-state index >= 15 is 0 Å². The van der Waals surface area contributed by atoms with Crippen molar-refractivity contribution in [1.82, 2.24) is 5.32 Å². The molecule has 2 aliphatic rings. The summed E-state index contributed by atoms with van der Waals surface area (Å²) in [4.78, 5) is 54.9. The molecule has 0 fully saturated rings. The minimum absolute atomic E-state index is 0.0191. The summed E-state index contributed by atoms with van der Waals surface area (Å²) >= 11 is 8.05. The zero-order valence-corrected chi connectivity index (χ0v) is 29.8. The van der Waals surface area contributed by atoms with E-state index < -0.39 is 63.1 Å². The number of allylic oxidation sites excluding steroid dienone is 1. The summed E-state index contributed by atoms with van der Waals surface area (Å²) in [6, 6.07) is 13.6. The van der Waals surface area contributed by atoms with Crippen LogP contribution in [0.25, 0.3) is 0 Å². The van der Waals surface area contributed by atoms with Crippen LogP contribution in [0.4, 0.5) is 5.69 Å². The second-order valence-corrected chi connectivity index (χ2v) is 14.5. The number of anilines is 1. The highest BCUT2D eigenvalue weighted by atomic mass is 35.5. The van der Waals surface area contributed by atoms with E-state index in [4.69, 9.17) is 31.0 Å². The lowest BCUT2D eigenvalue weighted by Crippen LogP contribution is -2.53. The number of aliphatic hydroxyl groups excluding tert-OH is 1. The van der Waals surface area contributed by atoms with Crippen LogP contribution in [0.15, 0.2) is 75.7 Å². The maximum absolute atomic E-state index is 14.3. The number of nitrogens with one attached hydrogen (secondary N) is 2. The minimum Gasteiger partial charge on any atom is -0.507 e. The van der Waals surface area contributed by atoms with Crippen LogP contribution < -0.4 is 30.0 Å². The number of fused-ring (bicyclic) bond motifs is 1. The number of hydrogen-bond acceptors (Lipinski definition) is 11. The van der Waals surface area contributed by atoms with Crippen LogP contribution in [0.5, 0.6) is 17.2 Å². The molecule has 16 heteroatoms. The Morgan fingerprint density at radius 2 is 1.72 bits per heavy atom. The summed E-state index contributed by atoms with van der Waals surface area (Å²) in [6.07, 6.45) is 1.30. The molecule has 3 atom stereocenters. The van der Waals surface area contributed by atoms with Gasteiger partial charge in [0.1, 0.15) is 22.1 Å². The normalized spacial score (nSPS) is 19.1. The Bertz CT molecular complexity index is 2020. The Balaban J connectivity index is 1.47. The molecule has 0 radical (unpaired) electrons. The zero-order valence-electron chi connectivity index (χ0n) is 27.4. The molecule has 0 bridgehead atoms. The Kier molecular flexibility index (Phi) is 10.5. The van der Waals surface area contributed by atoms with Crippen molar-refractivity contribution >= 4 is 62.5 Å². The predicted molar refractivity (Wildman–Crippen MR) is 186 cm³/mol. The van der Waals surface area contributed by atoms with Gasteiger partial charge in [-0.15, -0.1) is 11.8 Å². The van der Waals surface area contributed by atoms with E-state index in [9.17, 15) is 32.7 Å². The van der Waals surface area contributed by atoms with Gasteiger partial charge in [-0.05, 0) is 48.2 Å². The molecule has 264 valence electrons. The van der Waals surface area contributed by atoms with Gasteiger partial charge in [0.2, 0.25) is 33.2 Å². The van der Waals surface area contributed by atoms with Crippen LogP contribution in [-0.4, -0.2) is 69.5 Å². The number of carbonyl (C=O) groups is 4. The van der Waals surface area contributed by atoms with Gasteiger partial charge in [0.15, 0.2) is 17.3 Å². The van der Waals surface area contributed by atoms with Crippen molar-refractivity contribution in [1.29, 1.82) is 0 Å². The number of primary sulfonamides is 1. The molecule has 3 aromatic rings. The van der Waals surface area contributed by atoms with Crippen LogP contribution >= 0.6 is 23.4 Å². The lowest BCUT2D eigenvalue weighted by atomic mass is 9.69. The number of thioether (sulfide) groups is 1. The van der Waals surface area contributed by atoms with Gasteiger partial charge in [0.25, 0.3) is 0 Å². The van der Waals surface area contributed by atoms with Gasteiger partial charge in [-0.3, -0.25) is 19.2 Å². The number of rotatable bonds is 11. The topological polar surface area (TPSA) is 200 Å². The third-order valence-electron chi connectivity index (χ3n) is 8.68. The van der Waals surface area contributed by atoms with Crippen LogP contribution in [0.1, 0.15) is 41.6 Å². The Hall–Kier alpha value is -4.57. The van der Waals surface area contributed by atoms with E-state index in [2.05, 4.69) is 10.6 Å². The number of sulfonamides is 1. The lowest BCUT2D eigenvalue weighted by molar-refractivity contribution is -0.124. The predicted octanol–water partition coefficient (Wildman–Crippen LogP) is 4.39. The molecule has 2 amide bonds. The first-order valence-electron chi connectivity index (χ1n) is 15.1. The summed E-state index contributed by atoms with van der Waals surface area (Å²) in [5.74, 6) is -4.75. The standard InChI is InChI=1S/C34H34ClN3O10S2/c1-17-13-23(39)28(32(42)34(17)33(43)29-24(46-2)15-25(47-3)30(35)31(29)48-34)22(18-5-9-20(49-4)10-6-18)14-26(40)37-16-27(41)38-19-7-11-21(12-8-19)50(36,44)45/h5-12,15,17,22,42H,13-14,16H2,1-4H3,(H,37,40)(H,38,41)(H2,36,44,45). The summed E-state index contributed by atoms with van der Waals surface area (Å²) in [6.45, 7) is 1.13. The van der Waals surface area contributed by atoms with Crippen molar-refractivity contribution in [3.8, 4) is 17.2 Å². The fourth-order valence-corrected chi connectivity index (χ4v) is 7.32. The largest absolute Gasteiger partial charge is 0.507 e. The molecule has 1 spiro atoms. The highest BCUT2D eigenvalue weighted by Crippen LogP contribution is 2.55.